The van der Waals surface area contributed by atoms with Gasteiger partial charge >= 0.3 is 0 Å². The number of hydrogen-bond donors (Lipinski definition) is 1. The van der Waals surface area contributed by atoms with Crippen LogP contribution >= 0.6 is 0 Å². The fraction of sp³-hybridized carbons (Fsp3) is 0.350. The first kappa shape index (κ1) is 17.6. The lowest BCUT2D eigenvalue weighted by Gasteiger charge is -2.34. The normalized spacial score (nSPS) is 15.9. The third-order valence-corrected chi connectivity index (χ3v) is 4.49. The van der Waals surface area contributed by atoms with Gasteiger partial charge in [-0.05, 0) is 36.8 Å². The summed E-state index contributed by atoms with van der Waals surface area (Å²) in [6, 6.07) is 14.5. The average Bonchev–Trinajstić information content (AvgIpc) is 2.61. The van der Waals surface area contributed by atoms with Gasteiger partial charge in [0.05, 0.1) is 6.54 Å². The molecule has 0 radical (unpaired) electrons. The zero-order valence-corrected chi connectivity index (χ0v) is 14.5. The van der Waals surface area contributed by atoms with Crippen molar-refractivity contribution in [3.8, 4) is 0 Å². The Labute approximate surface area is 148 Å². The molecule has 1 heterocycles. The first-order chi connectivity index (χ1) is 12.1. The van der Waals surface area contributed by atoms with Gasteiger partial charge in [-0.3, -0.25) is 14.6 Å². The van der Waals surface area contributed by atoms with E-state index in [2.05, 4.69) is 15.1 Å². The molecule has 0 atom stereocenters. The third-order valence-electron chi connectivity index (χ3n) is 4.49. The predicted octanol–water partition coefficient (Wildman–Crippen LogP) is 2.89. The quantitative estimate of drug-likeness (QED) is 0.908. The molecule has 2 aromatic rings. The number of rotatable bonds is 5. The van der Waals surface area contributed by atoms with Crippen molar-refractivity contribution in [1.82, 2.24) is 9.80 Å². The molecule has 2 aromatic carbocycles. The Morgan fingerprint density at radius 1 is 0.960 bits per heavy atom. The summed E-state index contributed by atoms with van der Waals surface area (Å²) in [6.07, 6.45) is 0. The molecule has 1 amide bonds. The van der Waals surface area contributed by atoms with E-state index in [1.807, 2.05) is 43.3 Å². The van der Waals surface area contributed by atoms with Gasteiger partial charge < -0.3 is 5.32 Å². The predicted molar refractivity (Wildman–Crippen MR) is 97.9 cm³/mol. The Kier molecular flexibility index (Phi) is 5.79. The summed E-state index contributed by atoms with van der Waals surface area (Å²) in [5, 5.41) is 2.94. The molecule has 4 nitrogen and oxygen atoms in total. The van der Waals surface area contributed by atoms with E-state index in [1.54, 1.807) is 0 Å². The second-order valence-electron chi connectivity index (χ2n) is 6.59. The van der Waals surface area contributed by atoms with Crippen LogP contribution in [0.2, 0.25) is 0 Å². The highest BCUT2D eigenvalue weighted by molar-refractivity contribution is 5.92. The fourth-order valence-electron chi connectivity index (χ4n) is 2.99. The van der Waals surface area contributed by atoms with Crippen LogP contribution in [0.3, 0.4) is 0 Å². The maximum Gasteiger partial charge on any atom is 0.238 e. The number of carbonyl (C=O) groups excluding carboxylic acids is 1. The number of halogens is 1. The summed E-state index contributed by atoms with van der Waals surface area (Å²) in [4.78, 5) is 16.7. The summed E-state index contributed by atoms with van der Waals surface area (Å²) in [5.74, 6) is -0.177. The highest BCUT2D eigenvalue weighted by Crippen LogP contribution is 2.11. The SMILES string of the molecule is Cc1ccc(NC(=O)CN2CCN(Cc3ccc(F)cc3)CC2)cc1. The minimum atomic E-state index is -0.201. The van der Waals surface area contributed by atoms with E-state index in [1.165, 1.54) is 17.7 Å². The molecule has 1 fully saturated rings. The van der Waals surface area contributed by atoms with Crippen LogP contribution in [0.5, 0.6) is 0 Å². The molecular formula is C20H24FN3O. The highest BCUT2D eigenvalue weighted by Gasteiger charge is 2.19. The number of amides is 1. The van der Waals surface area contributed by atoms with Crippen molar-refractivity contribution in [2.45, 2.75) is 13.5 Å². The Bertz CT molecular complexity index is 692. The van der Waals surface area contributed by atoms with Crippen LogP contribution in [-0.4, -0.2) is 48.4 Å². The first-order valence-corrected chi connectivity index (χ1v) is 8.64. The van der Waals surface area contributed by atoms with Crippen LogP contribution in [0, 0.1) is 12.7 Å². The average molecular weight is 341 g/mol. The smallest absolute Gasteiger partial charge is 0.238 e. The van der Waals surface area contributed by atoms with Gasteiger partial charge in [-0.25, -0.2) is 4.39 Å². The van der Waals surface area contributed by atoms with Crippen molar-refractivity contribution in [2.24, 2.45) is 0 Å². The molecule has 3 rings (SSSR count). The fourth-order valence-corrected chi connectivity index (χ4v) is 2.99. The first-order valence-electron chi connectivity index (χ1n) is 8.64. The number of carbonyl (C=O) groups is 1. The van der Waals surface area contributed by atoms with E-state index in [4.69, 9.17) is 0 Å². The van der Waals surface area contributed by atoms with Gasteiger partial charge in [0, 0.05) is 38.4 Å². The van der Waals surface area contributed by atoms with Crippen LogP contribution < -0.4 is 5.32 Å². The Morgan fingerprint density at radius 2 is 1.56 bits per heavy atom. The highest BCUT2D eigenvalue weighted by atomic mass is 19.1. The maximum absolute atomic E-state index is 13.0. The van der Waals surface area contributed by atoms with Crippen LogP contribution in [0.15, 0.2) is 48.5 Å². The molecule has 1 aliphatic rings. The molecular weight excluding hydrogens is 317 g/mol. The van der Waals surface area contributed by atoms with Gasteiger partial charge in [-0.2, -0.15) is 0 Å². The minimum Gasteiger partial charge on any atom is -0.325 e. The Hall–Kier alpha value is -2.24. The maximum atomic E-state index is 13.0. The summed E-state index contributed by atoms with van der Waals surface area (Å²) >= 11 is 0. The molecule has 1 aliphatic heterocycles. The summed E-state index contributed by atoms with van der Waals surface area (Å²) in [5.41, 5.74) is 3.13. The standard InChI is InChI=1S/C20H24FN3O/c1-16-2-8-19(9-3-16)22-20(25)15-24-12-10-23(11-13-24)14-17-4-6-18(21)7-5-17/h2-9H,10-15H2,1H3,(H,22,25). The molecule has 0 unspecified atom stereocenters. The zero-order chi connectivity index (χ0) is 17.6. The lowest BCUT2D eigenvalue weighted by atomic mass is 10.2. The van der Waals surface area contributed by atoms with Gasteiger partial charge in [0.25, 0.3) is 0 Å². The molecule has 0 aromatic heterocycles. The summed E-state index contributed by atoms with van der Waals surface area (Å²) < 4.78 is 13.0. The van der Waals surface area contributed by atoms with Gasteiger partial charge in [0.2, 0.25) is 5.91 Å². The van der Waals surface area contributed by atoms with Crippen molar-refractivity contribution < 1.29 is 9.18 Å². The lowest BCUT2D eigenvalue weighted by Crippen LogP contribution is -2.48. The molecule has 132 valence electrons. The number of benzene rings is 2. The largest absolute Gasteiger partial charge is 0.325 e. The van der Waals surface area contributed by atoms with Crippen molar-refractivity contribution in [2.75, 3.05) is 38.0 Å². The molecule has 1 N–H and O–H groups in total. The second-order valence-corrected chi connectivity index (χ2v) is 6.59. The molecule has 25 heavy (non-hydrogen) atoms. The Balaban J connectivity index is 1.42. The zero-order valence-electron chi connectivity index (χ0n) is 14.5. The third kappa shape index (κ3) is 5.37. The molecule has 0 saturated carbocycles. The Morgan fingerprint density at radius 3 is 2.20 bits per heavy atom. The van der Waals surface area contributed by atoms with E-state index in [0.29, 0.717) is 6.54 Å². The van der Waals surface area contributed by atoms with Gasteiger partial charge in [-0.15, -0.1) is 0 Å². The van der Waals surface area contributed by atoms with Crippen LogP contribution in [-0.2, 0) is 11.3 Å². The van der Waals surface area contributed by atoms with Crippen LogP contribution in [0.25, 0.3) is 0 Å². The number of aryl methyl sites for hydroxylation is 1. The minimum absolute atomic E-state index is 0.0239. The molecule has 0 spiro atoms. The number of hydrogen-bond acceptors (Lipinski definition) is 3. The van der Waals surface area contributed by atoms with Crippen LogP contribution in [0.4, 0.5) is 10.1 Å². The van der Waals surface area contributed by atoms with E-state index in [-0.39, 0.29) is 11.7 Å². The molecule has 1 saturated heterocycles. The van der Waals surface area contributed by atoms with Crippen LogP contribution in [0.1, 0.15) is 11.1 Å². The van der Waals surface area contributed by atoms with Gasteiger partial charge in [0.1, 0.15) is 5.82 Å². The van der Waals surface area contributed by atoms with E-state index >= 15 is 0 Å². The van der Waals surface area contributed by atoms with Crippen molar-refractivity contribution in [3.05, 3.63) is 65.5 Å². The number of piperazine rings is 1. The van der Waals surface area contributed by atoms with Crippen molar-refractivity contribution in [3.63, 3.8) is 0 Å². The molecule has 0 aliphatic carbocycles. The van der Waals surface area contributed by atoms with Crippen molar-refractivity contribution >= 4 is 11.6 Å². The number of nitrogens with one attached hydrogen (secondary N) is 1. The van der Waals surface area contributed by atoms with Gasteiger partial charge in [-0.1, -0.05) is 29.8 Å². The van der Waals surface area contributed by atoms with E-state index in [9.17, 15) is 9.18 Å². The summed E-state index contributed by atoms with van der Waals surface area (Å²) in [6.45, 7) is 6.81. The number of nitrogens with zero attached hydrogens (tertiary/aromatic N) is 2. The summed E-state index contributed by atoms with van der Waals surface area (Å²) in [7, 11) is 0. The number of anilines is 1. The second kappa shape index (κ2) is 8.23. The van der Waals surface area contributed by atoms with Crippen molar-refractivity contribution in [1.29, 1.82) is 0 Å². The van der Waals surface area contributed by atoms with E-state index in [0.717, 1.165) is 44.0 Å². The van der Waals surface area contributed by atoms with E-state index < -0.39 is 0 Å². The lowest BCUT2D eigenvalue weighted by molar-refractivity contribution is -0.117. The monoisotopic (exact) mass is 341 g/mol. The molecule has 5 heteroatoms. The molecule has 0 bridgehead atoms. The van der Waals surface area contributed by atoms with Gasteiger partial charge in [0.15, 0.2) is 0 Å². The topological polar surface area (TPSA) is 35.6 Å².